The molecule has 0 aromatic carbocycles. The minimum Gasteiger partial charge on any atom is -0.462 e. The van der Waals surface area contributed by atoms with Crippen molar-refractivity contribution in [1.82, 2.24) is 0 Å². The molecule has 0 fully saturated rings. The van der Waals surface area contributed by atoms with Gasteiger partial charge in [-0.05, 0) is 32.8 Å². The molecule has 8 nitrogen and oxygen atoms in total. The van der Waals surface area contributed by atoms with Crippen LogP contribution in [0.3, 0.4) is 0 Å². The second-order valence-electron chi connectivity index (χ2n) is 5.36. The van der Waals surface area contributed by atoms with Crippen molar-refractivity contribution in [3.05, 3.63) is 11.8 Å². The van der Waals surface area contributed by atoms with Gasteiger partial charge < -0.3 is 19.3 Å². The quantitative estimate of drug-likeness (QED) is 0.482. The summed E-state index contributed by atoms with van der Waals surface area (Å²) in [7, 11) is 1.41. The molecular formula is C13H21N2O6+. The molecule has 0 saturated carbocycles. The molecule has 1 heterocycles. The van der Waals surface area contributed by atoms with Crippen LogP contribution in [0.15, 0.2) is 16.9 Å². The normalized spacial score (nSPS) is 21.6. The Morgan fingerprint density at radius 1 is 1.38 bits per heavy atom. The summed E-state index contributed by atoms with van der Waals surface area (Å²) in [5.74, 6) is -0.787. The van der Waals surface area contributed by atoms with Gasteiger partial charge in [-0.15, -0.1) is 0 Å². The Morgan fingerprint density at radius 3 is 2.43 bits per heavy atom. The number of hydrogen-bond acceptors (Lipinski definition) is 6. The monoisotopic (exact) mass is 301 g/mol. The van der Waals surface area contributed by atoms with Gasteiger partial charge in [-0.3, -0.25) is 0 Å². The molecule has 1 aliphatic rings. The highest BCUT2D eigenvalue weighted by Crippen LogP contribution is 2.33. The highest BCUT2D eigenvalue weighted by atomic mass is 16.7. The first-order valence-corrected chi connectivity index (χ1v) is 6.44. The van der Waals surface area contributed by atoms with Crippen LogP contribution < -0.4 is 0 Å². The lowest BCUT2D eigenvalue weighted by Crippen LogP contribution is -2.54. The average Bonchev–Trinajstić information content (AvgIpc) is 2.77. The molecule has 1 atom stereocenters. The SMILES string of the molecule is CCOC(=O)C1=C[N+](C(=O)O)(C(C)(C)C)N=C1OCOC. The average molecular weight is 301 g/mol. The molecule has 21 heavy (non-hydrogen) atoms. The van der Waals surface area contributed by atoms with E-state index >= 15 is 0 Å². The van der Waals surface area contributed by atoms with E-state index in [1.807, 2.05) is 0 Å². The molecule has 0 spiro atoms. The van der Waals surface area contributed by atoms with E-state index in [9.17, 15) is 14.7 Å². The lowest BCUT2D eigenvalue weighted by Gasteiger charge is -2.32. The predicted octanol–water partition coefficient (Wildman–Crippen LogP) is 1.67. The van der Waals surface area contributed by atoms with Crippen LogP contribution in [0.2, 0.25) is 0 Å². The Kier molecular flexibility index (Phi) is 5.08. The number of amides is 1. The molecular weight excluding hydrogens is 280 g/mol. The van der Waals surface area contributed by atoms with Crippen LogP contribution in [-0.2, 0) is 19.0 Å². The van der Waals surface area contributed by atoms with Gasteiger partial charge in [0.2, 0.25) is 0 Å². The van der Waals surface area contributed by atoms with Crippen LogP contribution in [0.1, 0.15) is 27.7 Å². The zero-order valence-corrected chi connectivity index (χ0v) is 12.9. The van der Waals surface area contributed by atoms with E-state index in [4.69, 9.17) is 14.2 Å². The van der Waals surface area contributed by atoms with Gasteiger partial charge in [0.15, 0.2) is 18.6 Å². The first kappa shape index (κ1) is 17.1. The van der Waals surface area contributed by atoms with Crippen molar-refractivity contribution in [3.8, 4) is 0 Å². The van der Waals surface area contributed by atoms with Gasteiger partial charge in [-0.1, -0.05) is 4.59 Å². The summed E-state index contributed by atoms with van der Waals surface area (Å²) in [6.45, 7) is 6.76. The summed E-state index contributed by atoms with van der Waals surface area (Å²) in [5.41, 5.74) is -0.840. The van der Waals surface area contributed by atoms with Crippen molar-refractivity contribution >= 4 is 18.0 Å². The van der Waals surface area contributed by atoms with Gasteiger partial charge >= 0.3 is 12.1 Å². The number of carbonyl (C=O) groups excluding carboxylic acids is 1. The number of carboxylic acid groups (broad SMARTS) is 1. The van der Waals surface area contributed by atoms with E-state index in [2.05, 4.69) is 5.10 Å². The third-order valence-corrected chi connectivity index (χ3v) is 2.92. The van der Waals surface area contributed by atoms with Crippen LogP contribution in [0.5, 0.6) is 0 Å². The fourth-order valence-electron chi connectivity index (χ4n) is 1.77. The standard InChI is InChI=1S/C13H20N2O6/c1-6-20-11(16)9-7-15(12(17)18,13(2,3)4)14-10(9)21-8-19-5/h7H,6,8H2,1-5H3/p+1. The van der Waals surface area contributed by atoms with Crippen molar-refractivity contribution in [3.63, 3.8) is 0 Å². The highest BCUT2D eigenvalue weighted by Gasteiger charge is 2.54. The number of quaternary nitrogens is 1. The third-order valence-electron chi connectivity index (χ3n) is 2.92. The molecule has 0 radical (unpaired) electrons. The Balaban J connectivity index is 3.32. The minimum atomic E-state index is -1.22. The van der Waals surface area contributed by atoms with Gasteiger partial charge in [0, 0.05) is 7.11 Å². The molecule has 0 aromatic heterocycles. The second-order valence-corrected chi connectivity index (χ2v) is 5.36. The summed E-state index contributed by atoms with van der Waals surface area (Å²) in [4.78, 5) is 23.7. The van der Waals surface area contributed by atoms with E-state index in [0.29, 0.717) is 0 Å². The predicted molar refractivity (Wildman–Crippen MR) is 73.2 cm³/mol. The van der Waals surface area contributed by atoms with E-state index in [-0.39, 0.29) is 24.9 Å². The Hall–Kier alpha value is -1.93. The first-order valence-electron chi connectivity index (χ1n) is 6.44. The first-order chi connectivity index (χ1) is 9.69. The van der Waals surface area contributed by atoms with Crippen molar-refractivity contribution < 1.29 is 33.5 Å². The smallest absolute Gasteiger partial charge is 0.462 e. The molecule has 0 bridgehead atoms. The van der Waals surface area contributed by atoms with E-state index < -0.39 is 22.2 Å². The largest absolute Gasteiger partial charge is 0.546 e. The summed E-state index contributed by atoms with van der Waals surface area (Å²) in [6, 6.07) is 0. The number of esters is 1. The molecule has 0 aromatic rings. The summed E-state index contributed by atoms with van der Waals surface area (Å²) in [5, 5.41) is 13.6. The van der Waals surface area contributed by atoms with Crippen LogP contribution >= 0.6 is 0 Å². The molecule has 1 unspecified atom stereocenters. The molecule has 118 valence electrons. The van der Waals surface area contributed by atoms with Crippen LogP contribution in [-0.4, -0.2) is 53.7 Å². The molecule has 0 saturated heterocycles. The Morgan fingerprint density at radius 2 is 2.00 bits per heavy atom. The number of rotatable bonds is 4. The summed E-state index contributed by atoms with van der Waals surface area (Å²) in [6.07, 6.45) is 0.00557. The third kappa shape index (κ3) is 3.22. The van der Waals surface area contributed by atoms with Crippen molar-refractivity contribution in [2.24, 2.45) is 5.10 Å². The maximum Gasteiger partial charge on any atom is 0.546 e. The lowest BCUT2D eigenvalue weighted by atomic mass is 10.1. The van der Waals surface area contributed by atoms with Crippen molar-refractivity contribution in [2.45, 2.75) is 33.2 Å². The summed E-state index contributed by atoms with van der Waals surface area (Å²) >= 11 is 0. The highest BCUT2D eigenvalue weighted by molar-refractivity contribution is 6.17. The van der Waals surface area contributed by atoms with Crippen molar-refractivity contribution in [2.75, 3.05) is 20.5 Å². The van der Waals surface area contributed by atoms with Gasteiger partial charge in [0.1, 0.15) is 5.54 Å². The lowest BCUT2D eigenvalue weighted by molar-refractivity contribution is -0.860. The number of nitrogens with zero attached hydrogens (tertiary/aromatic N) is 2. The number of methoxy groups -OCH3 is 1. The zero-order chi connectivity index (χ0) is 16.3. The Bertz CT molecular complexity index is 491. The topological polar surface area (TPSA) is 94.4 Å². The van der Waals surface area contributed by atoms with Crippen LogP contribution in [0.4, 0.5) is 4.79 Å². The summed E-state index contributed by atoms with van der Waals surface area (Å²) < 4.78 is 14.1. The number of carbonyl (C=O) groups is 2. The number of ether oxygens (including phenoxy) is 3. The van der Waals surface area contributed by atoms with Gasteiger partial charge in [0.05, 0.1) is 6.61 Å². The van der Waals surface area contributed by atoms with Gasteiger partial charge in [-0.25, -0.2) is 4.79 Å². The zero-order valence-electron chi connectivity index (χ0n) is 12.9. The Labute approximate surface area is 123 Å². The molecule has 1 N–H and O–H groups in total. The maximum atomic E-state index is 12.0. The minimum absolute atomic E-state index is 0.0220. The number of hydrogen-bond donors (Lipinski definition) is 1. The molecule has 1 aliphatic heterocycles. The molecule has 1 rings (SSSR count). The van der Waals surface area contributed by atoms with Gasteiger partial charge in [-0.2, -0.15) is 4.79 Å². The van der Waals surface area contributed by atoms with Crippen LogP contribution in [0.25, 0.3) is 0 Å². The van der Waals surface area contributed by atoms with E-state index in [1.165, 1.54) is 13.3 Å². The van der Waals surface area contributed by atoms with E-state index in [0.717, 1.165) is 0 Å². The fourth-order valence-corrected chi connectivity index (χ4v) is 1.77. The van der Waals surface area contributed by atoms with E-state index in [1.54, 1.807) is 27.7 Å². The van der Waals surface area contributed by atoms with Crippen molar-refractivity contribution in [1.29, 1.82) is 0 Å². The molecule has 0 aliphatic carbocycles. The van der Waals surface area contributed by atoms with Crippen LogP contribution in [0, 0.1) is 0 Å². The maximum absolute atomic E-state index is 12.0. The van der Waals surface area contributed by atoms with Gasteiger partial charge in [0.25, 0.3) is 5.90 Å². The molecule has 1 amide bonds. The molecule has 8 heteroatoms. The second kappa shape index (κ2) is 6.23. The fraction of sp³-hybridized carbons (Fsp3) is 0.615.